The molecule has 2 rings (SSSR count). The van der Waals surface area contributed by atoms with Gasteiger partial charge in [0.15, 0.2) is 5.76 Å². The van der Waals surface area contributed by atoms with Gasteiger partial charge in [-0.3, -0.25) is 4.79 Å². The molecule has 0 fully saturated rings. The summed E-state index contributed by atoms with van der Waals surface area (Å²) in [4.78, 5) is 12.0. The lowest BCUT2D eigenvalue weighted by atomic mass is 10.1. The van der Waals surface area contributed by atoms with Crippen LogP contribution in [0.15, 0.2) is 47.1 Å². The molecule has 1 amide bonds. The van der Waals surface area contributed by atoms with Crippen LogP contribution in [-0.2, 0) is 0 Å². The summed E-state index contributed by atoms with van der Waals surface area (Å²) in [6, 6.07) is 10.9. The largest absolute Gasteiger partial charge is 0.491 e. The SMILES string of the molecule is CC(C)Oc1ccccc1[C@@H](C)NC(=O)c1ccco1. The molecule has 0 unspecified atom stereocenters. The normalized spacial score (nSPS) is 12.2. The second-order valence-corrected chi connectivity index (χ2v) is 4.88. The van der Waals surface area contributed by atoms with Gasteiger partial charge in [0.2, 0.25) is 0 Å². The number of nitrogens with one attached hydrogen (secondary N) is 1. The Hall–Kier alpha value is -2.23. The first-order valence-corrected chi connectivity index (χ1v) is 6.68. The monoisotopic (exact) mass is 273 g/mol. The highest BCUT2D eigenvalue weighted by atomic mass is 16.5. The Labute approximate surface area is 118 Å². The van der Waals surface area contributed by atoms with Crippen LogP contribution in [0, 0.1) is 0 Å². The molecule has 0 bridgehead atoms. The summed E-state index contributed by atoms with van der Waals surface area (Å²) < 4.78 is 10.8. The van der Waals surface area contributed by atoms with Crippen LogP contribution in [0.3, 0.4) is 0 Å². The van der Waals surface area contributed by atoms with Gasteiger partial charge in [0.1, 0.15) is 5.75 Å². The van der Waals surface area contributed by atoms with Gasteiger partial charge in [-0.2, -0.15) is 0 Å². The third-order valence-corrected chi connectivity index (χ3v) is 2.84. The molecular formula is C16H19NO3. The summed E-state index contributed by atoms with van der Waals surface area (Å²) in [5.41, 5.74) is 0.945. The number of ether oxygens (including phenoxy) is 1. The lowest BCUT2D eigenvalue weighted by Gasteiger charge is -2.19. The van der Waals surface area contributed by atoms with Crippen molar-refractivity contribution in [3.8, 4) is 5.75 Å². The van der Waals surface area contributed by atoms with E-state index in [-0.39, 0.29) is 18.1 Å². The smallest absolute Gasteiger partial charge is 0.287 e. The third kappa shape index (κ3) is 3.41. The summed E-state index contributed by atoms with van der Waals surface area (Å²) in [5.74, 6) is 0.857. The Kier molecular flexibility index (Phi) is 4.45. The second-order valence-electron chi connectivity index (χ2n) is 4.88. The maximum Gasteiger partial charge on any atom is 0.287 e. The van der Waals surface area contributed by atoms with Gasteiger partial charge in [-0.05, 0) is 39.0 Å². The van der Waals surface area contributed by atoms with Crippen molar-refractivity contribution in [3.63, 3.8) is 0 Å². The maximum absolute atomic E-state index is 12.0. The molecule has 106 valence electrons. The average molecular weight is 273 g/mol. The van der Waals surface area contributed by atoms with Crippen molar-refractivity contribution in [2.45, 2.75) is 32.9 Å². The molecule has 0 spiro atoms. The molecule has 4 nitrogen and oxygen atoms in total. The lowest BCUT2D eigenvalue weighted by Crippen LogP contribution is -2.26. The summed E-state index contributed by atoms with van der Waals surface area (Å²) >= 11 is 0. The molecule has 0 radical (unpaired) electrons. The molecule has 1 heterocycles. The van der Waals surface area contributed by atoms with Gasteiger partial charge < -0.3 is 14.5 Å². The number of hydrogen-bond donors (Lipinski definition) is 1. The van der Waals surface area contributed by atoms with Crippen LogP contribution in [-0.4, -0.2) is 12.0 Å². The van der Waals surface area contributed by atoms with Crippen LogP contribution in [0.4, 0.5) is 0 Å². The van der Waals surface area contributed by atoms with Crippen LogP contribution in [0.5, 0.6) is 5.75 Å². The van der Waals surface area contributed by atoms with E-state index >= 15 is 0 Å². The summed E-state index contributed by atoms with van der Waals surface area (Å²) in [5, 5.41) is 2.90. The van der Waals surface area contributed by atoms with Crippen molar-refractivity contribution in [1.29, 1.82) is 0 Å². The minimum absolute atomic E-state index is 0.0872. The van der Waals surface area contributed by atoms with Crippen molar-refractivity contribution in [1.82, 2.24) is 5.32 Å². The maximum atomic E-state index is 12.0. The fourth-order valence-corrected chi connectivity index (χ4v) is 1.95. The van der Waals surface area contributed by atoms with Gasteiger partial charge in [0, 0.05) is 5.56 Å². The van der Waals surface area contributed by atoms with Crippen molar-refractivity contribution in [2.24, 2.45) is 0 Å². The number of benzene rings is 1. The van der Waals surface area contributed by atoms with Crippen LogP contribution < -0.4 is 10.1 Å². The summed E-state index contributed by atoms with van der Waals surface area (Å²) in [6.07, 6.45) is 1.57. The van der Waals surface area contributed by atoms with Gasteiger partial charge in [-0.25, -0.2) is 0 Å². The Balaban J connectivity index is 2.13. The zero-order valence-corrected chi connectivity index (χ0v) is 11.9. The van der Waals surface area contributed by atoms with E-state index in [1.807, 2.05) is 45.0 Å². The second kappa shape index (κ2) is 6.28. The number of para-hydroxylation sites is 1. The number of carbonyl (C=O) groups is 1. The Morgan fingerprint density at radius 1 is 1.15 bits per heavy atom. The first kappa shape index (κ1) is 14.2. The number of hydrogen-bond acceptors (Lipinski definition) is 3. The van der Waals surface area contributed by atoms with E-state index in [9.17, 15) is 4.79 Å². The zero-order chi connectivity index (χ0) is 14.5. The number of furan rings is 1. The standard InChI is InChI=1S/C16H19NO3/c1-11(2)20-14-8-5-4-7-13(14)12(3)17-16(18)15-9-6-10-19-15/h4-12H,1-3H3,(H,17,18)/t12-/m1/s1. The molecule has 1 aromatic carbocycles. The highest BCUT2D eigenvalue weighted by Gasteiger charge is 2.16. The van der Waals surface area contributed by atoms with Crippen molar-refractivity contribution >= 4 is 5.91 Å². The van der Waals surface area contributed by atoms with Crippen molar-refractivity contribution < 1.29 is 13.9 Å². The minimum atomic E-state index is -0.234. The molecule has 0 aliphatic carbocycles. The van der Waals surface area contributed by atoms with Gasteiger partial charge in [0.25, 0.3) is 5.91 Å². The summed E-state index contributed by atoms with van der Waals surface area (Å²) in [7, 11) is 0. The topological polar surface area (TPSA) is 51.5 Å². The summed E-state index contributed by atoms with van der Waals surface area (Å²) in [6.45, 7) is 5.87. The van der Waals surface area contributed by atoms with Gasteiger partial charge >= 0.3 is 0 Å². The van der Waals surface area contributed by atoms with E-state index in [4.69, 9.17) is 9.15 Å². The molecule has 20 heavy (non-hydrogen) atoms. The van der Waals surface area contributed by atoms with E-state index in [0.717, 1.165) is 11.3 Å². The van der Waals surface area contributed by atoms with Gasteiger partial charge in [0.05, 0.1) is 18.4 Å². The molecule has 0 aliphatic heterocycles. The van der Waals surface area contributed by atoms with E-state index in [1.54, 1.807) is 12.1 Å². The number of carbonyl (C=O) groups excluding carboxylic acids is 1. The van der Waals surface area contributed by atoms with Crippen LogP contribution in [0.25, 0.3) is 0 Å². The predicted octanol–water partition coefficient (Wildman–Crippen LogP) is 3.56. The Bertz CT molecular complexity index is 561. The first-order valence-electron chi connectivity index (χ1n) is 6.68. The molecule has 1 aromatic heterocycles. The fraction of sp³-hybridized carbons (Fsp3) is 0.312. The van der Waals surface area contributed by atoms with Crippen molar-refractivity contribution in [3.05, 3.63) is 54.0 Å². The molecule has 1 N–H and O–H groups in total. The quantitative estimate of drug-likeness (QED) is 0.906. The molecule has 1 atom stereocenters. The predicted molar refractivity (Wildman–Crippen MR) is 76.8 cm³/mol. The van der Waals surface area contributed by atoms with Crippen molar-refractivity contribution in [2.75, 3.05) is 0 Å². The van der Waals surface area contributed by atoms with Crippen LogP contribution in [0.1, 0.15) is 42.9 Å². The van der Waals surface area contributed by atoms with E-state index in [0.29, 0.717) is 5.76 Å². The highest BCUT2D eigenvalue weighted by Crippen LogP contribution is 2.26. The van der Waals surface area contributed by atoms with Crippen LogP contribution in [0.2, 0.25) is 0 Å². The van der Waals surface area contributed by atoms with Gasteiger partial charge in [-0.1, -0.05) is 18.2 Å². The van der Waals surface area contributed by atoms with Gasteiger partial charge in [-0.15, -0.1) is 0 Å². The molecule has 0 aliphatic rings. The van der Waals surface area contributed by atoms with E-state index in [2.05, 4.69) is 5.32 Å². The molecule has 0 saturated heterocycles. The minimum Gasteiger partial charge on any atom is -0.491 e. The molecular weight excluding hydrogens is 254 g/mol. The third-order valence-electron chi connectivity index (χ3n) is 2.84. The van der Waals surface area contributed by atoms with Crippen LogP contribution >= 0.6 is 0 Å². The number of rotatable bonds is 5. The van der Waals surface area contributed by atoms with E-state index < -0.39 is 0 Å². The Morgan fingerprint density at radius 3 is 2.55 bits per heavy atom. The van der Waals surface area contributed by atoms with E-state index in [1.165, 1.54) is 6.26 Å². The molecule has 2 aromatic rings. The molecule has 4 heteroatoms. The fourth-order valence-electron chi connectivity index (χ4n) is 1.95. The highest BCUT2D eigenvalue weighted by molar-refractivity contribution is 5.91. The first-order chi connectivity index (χ1) is 9.58. The zero-order valence-electron chi connectivity index (χ0n) is 11.9. The number of amides is 1. The Morgan fingerprint density at radius 2 is 1.90 bits per heavy atom. The average Bonchev–Trinajstić information content (AvgIpc) is 2.92. The molecule has 0 saturated carbocycles. The lowest BCUT2D eigenvalue weighted by molar-refractivity contribution is 0.0911.